The van der Waals surface area contributed by atoms with Crippen molar-refractivity contribution in [3.63, 3.8) is 0 Å². The third-order valence-corrected chi connectivity index (χ3v) is 3.11. The van der Waals surface area contributed by atoms with E-state index >= 15 is 0 Å². The lowest BCUT2D eigenvalue weighted by Crippen LogP contribution is -2.38. The summed E-state index contributed by atoms with van der Waals surface area (Å²) in [7, 11) is 0. The molecule has 1 aromatic rings. The molecular weight excluding hydrogens is 297 g/mol. The standard InChI is InChI=1S/C10H9BrClNO3/c1-5(10(15)16)13-9(14)6-2-3-8(12)7(11)4-6/h2-5H,1H3,(H,13,14)(H,15,16)/t5-/m0/s1. The molecule has 4 nitrogen and oxygen atoms in total. The molecule has 0 heterocycles. The number of carbonyl (C=O) groups excluding carboxylic acids is 1. The van der Waals surface area contributed by atoms with Crippen molar-refractivity contribution in [1.29, 1.82) is 0 Å². The van der Waals surface area contributed by atoms with Gasteiger partial charge in [-0.25, -0.2) is 0 Å². The van der Waals surface area contributed by atoms with Crippen molar-refractivity contribution in [2.24, 2.45) is 0 Å². The van der Waals surface area contributed by atoms with Crippen molar-refractivity contribution in [3.05, 3.63) is 33.3 Å². The summed E-state index contributed by atoms with van der Waals surface area (Å²) in [6.07, 6.45) is 0. The van der Waals surface area contributed by atoms with E-state index in [0.29, 0.717) is 15.1 Å². The molecule has 1 atom stereocenters. The van der Waals surface area contributed by atoms with Crippen LogP contribution in [0.2, 0.25) is 5.02 Å². The smallest absolute Gasteiger partial charge is 0.325 e. The summed E-state index contributed by atoms with van der Waals surface area (Å²) in [4.78, 5) is 22.1. The van der Waals surface area contributed by atoms with Crippen molar-refractivity contribution in [1.82, 2.24) is 5.32 Å². The van der Waals surface area contributed by atoms with Gasteiger partial charge in [0.2, 0.25) is 0 Å². The van der Waals surface area contributed by atoms with Crippen LogP contribution in [0.3, 0.4) is 0 Å². The minimum Gasteiger partial charge on any atom is -0.480 e. The first-order chi connectivity index (χ1) is 7.41. The molecule has 0 aliphatic rings. The maximum absolute atomic E-state index is 11.6. The van der Waals surface area contributed by atoms with E-state index in [-0.39, 0.29) is 0 Å². The number of carboxylic acid groups (broad SMARTS) is 1. The number of amides is 1. The van der Waals surface area contributed by atoms with Crippen molar-refractivity contribution in [3.8, 4) is 0 Å². The number of rotatable bonds is 3. The normalized spacial score (nSPS) is 11.9. The summed E-state index contributed by atoms with van der Waals surface area (Å²) in [5.74, 6) is -1.53. The molecule has 1 aromatic carbocycles. The predicted octanol–water partition coefficient (Wildman–Crippen LogP) is 2.31. The highest BCUT2D eigenvalue weighted by molar-refractivity contribution is 9.10. The lowest BCUT2D eigenvalue weighted by molar-refractivity contribution is -0.138. The van der Waals surface area contributed by atoms with Gasteiger partial charge < -0.3 is 10.4 Å². The fraction of sp³-hybridized carbons (Fsp3) is 0.200. The second-order valence-electron chi connectivity index (χ2n) is 3.16. The molecule has 86 valence electrons. The second-order valence-corrected chi connectivity index (χ2v) is 4.42. The highest BCUT2D eigenvalue weighted by Gasteiger charge is 2.15. The lowest BCUT2D eigenvalue weighted by Gasteiger charge is -2.09. The van der Waals surface area contributed by atoms with Crippen molar-refractivity contribution in [2.75, 3.05) is 0 Å². The Labute approximate surface area is 106 Å². The van der Waals surface area contributed by atoms with E-state index in [1.54, 1.807) is 6.07 Å². The topological polar surface area (TPSA) is 66.4 Å². The van der Waals surface area contributed by atoms with Gasteiger partial charge >= 0.3 is 5.97 Å². The van der Waals surface area contributed by atoms with Gasteiger partial charge in [0.25, 0.3) is 5.91 Å². The molecule has 0 unspecified atom stereocenters. The zero-order valence-corrected chi connectivity index (χ0v) is 10.7. The summed E-state index contributed by atoms with van der Waals surface area (Å²) in [6.45, 7) is 1.39. The number of carboxylic acids is 1. The molecule has 0 aliphatic heterocycles. The number of benzene rings is 1. The summed E-state index contributed by atoms with van der Waals surface area (Å²) in [5, 5.41) is 11.5. The van der Waals surface area contributed by atoms with Gasteiger partial charge in [-0.15, -0.1) is 0 Å². The average molecular weight is 307 g/mol. The molecule has 0 bridgehead atoms. The summed E-state index contributed by atoms with van der Waals surface area (Å²) >= 11 is 8.95. The number of carbonyl (C=O) groups is 2. The highest BCUT2D eigenvalue weighted by Crippen LogP contribution is 2.23. The zero-order chi connectivity index (χ0) is 12.3. The van der Waals surface area contributed by atoms with Crippen LogP contribution in [0.1, 0.15) is 17.3 Å². The summed E-state index contributed by atoms with van der Waals surface area (Å²) < 4.78 is 0.588. The third kappa shape index (κ3) is 3.21. The Hall–Kier alpha value is -1.07. The third-order valence-electron chi connectivity index (χ3n) is 1.90. The van der Waals surface area contributed by atoms with Crippen LogP contribution in [-0.2, 0) is 4.79 Å². The fourth-order valence-electron chi connectivity index (χ4n) is 0.979. The Bertz CT molecular complexity index is 436. The van der Waals surface area contributed by atoms with Gasteiger partial charge in [0.05, 0.1) is 5.02 Å². The van der Waals surface area contributed by atoms with Crippen LogP contribution in [0.5, 0.6) is 0 Å². The van der Waals surface area contributed by atoms with Crippen molar-refractivity contribution >= 4 is 39.4 Å². The van der Waals surface area contributed by atoms with Gasteiger partial charge in [0.15, 0.2) is 0 Å². The fourth-order valence-corrected chi connectivity index (χ4v) is 1.48. The molecule has 0 fully saturated rings. The van der Waals surface area contributed by atoms with Gasteiger partial charge in [-0.2, -0.15) is 0 Å². The van der Waals surface area contributed by atoms with E-state index in [1.165, 1.54) is 19.1 Å². The number of nitrogens with one attached hydrogen (secondary N) is 1. The highest BCUT2D eigenvalue weighted by atomic mass is 79.9. The zero-order valence-electron chi connectivity index (χ0n) is 8.33. The van der Waals surface area contributed by atoms with Crippen LogP contribution >= 0.6 is 27.5 Å². The first kappa shape index (κ1) is 13.0. The molecule has 0 saturated heterocycles. The first-order valence-corrected chi connectivity index (χ1v) is 5.57. The number of hydrogen-bond donors (Lipinski definition) is 2. The Morgan fingerprint density at radius 1 is 1.50 bits per heavy atom. The molecule has 0 spiro atoms. The Kier molecular flexibility index (Phi) is 4.32. The van der Waals surface area contributed by atoms with E-state index in [0.717, 1.165) is 0 Å². The van der Waals surface area contributed by atoms with Crippen LogP contribution in [0.4, 0.5) is 0 Å². The van der Waals surface area contributed by atoms with Crippen LogP contribution in [0.25, 0.3) is 0 Å². The van der Waals surface area contributed by atoms with Gasteiger partial charge in [0.1, 0.15) is 6.04 Å². The van der Waals surface area contributed by atoms with Gasteiger partial charge in [0, 0.05) is 10.0 Å². The van der Waals surface area contributed by atoms with E-state index in [4.69, 9.17) is 16.7 Å². The van der Waals surface area contributed by atoms with Crippen LogP contribution < -0.4 is 5.32 Å². The monoisotopic (exact) mass is 305 g/mol. The van der Waals surface area contributed by atoms with Crippen molar-refractivity contribution < 1.29 is 14.7 Å². The molecule has 0 radical (unpaired) electrons. The van der Waals surface area contributed by atoms with Crippen LogP contribution in [0.15, 0.2) is 22.7 Å². The minimum atomic E-state index is -1.08. The van der Waals surface area contributed by atoms with E-state index in [1.807, 2.05) is 0 Å². The number of aliphatic carboxylic acids is 1. The Balaban J connectivity index is 2.81. The minimum absolute atomic E-state index is 0.351. The van der Waals surface area contributed by atoms with E-state index in [9.17, 15) is 9.59 Å². The SMILES string of the molecule is C[C@H](NC(=O)c1ccc(Cl)c(Br)c1)C(=O)O. The molecule has 2 N–H and O–H groups in total. The first-order valence-electron chi connectivity index (χ1n) is 4.40. The molecule has 1 amide bonds. The maximum Gasteiger partial charge on any atom is 0.325 e. The molecule has 1 rings (SSSR count). The summed E-state index contributed by atoms with van der Waals surface area (Å²) in [5.41, 5.74) is 0.351. The number of hydrogen-bond acceptors (Lipinski definition) is 2. The molecule has 0 aromatic heterocycles. The Morgan fingerprint density at radius 2 is 2.12 bits per heavy atom. The summed E-state index contributed by atoms with van der Waals surface area (Å²) in [6, 6.07) is 3.69. The van der Waals surface area contributed by atoms with Gasteiger partial charge in [-0.05, 0) is 41.1 Å². The van der Waals surface area contributed by atoms with E-state index < -0.39 is 17.9 Å². The molecule has 6 heteroatoms. The lowest BCUT2D eigenvalue weighted by atomic mass is 10.2. The molecule has 16 heavy (non-hydrogen) atoms. The largest absolute Gasteiger partial charge is 0.480 e. The van der Waals surface area contributed by atoms with E-state index in [2.05, 4.69) is 21.2 Å². The number of halogens is 2. The Morgan fingerprint density at radius 3 is 2.62 bits per heavy atom. The van der Waals surface area contributed by atoms with Crippen LogP contribution in [-0.4, -0.2) is 23.0 Å². The quantitative estimate of drug-likeness (QED) is 0.900. The molecular formula is C10H9BrClNO3. The average Bonchev–Trinajstić information content (AvgIpc) is 2.21. The molecule has 0 saturated carbocycles. The second kappa shape index (κ2) is 5.32. The predicted molar refractivity (Wildman–Crippen MR) is 63.7 cm³/mol. The molecule has 0 aliphatic carbocycles. The maximum atomic E-state index is 11.6. The van der Waals surface area contributed by atoms with Gasteiger partial charge in [-0.3, -0.25) is 9.59 Å². The van der Waals surface area contributed by atoms with Crippen LogP contribution in [0, 0.1) is 0 Å². The van der Waals surface area contributed by atoms with Gasteiger partial charge in [-0.1, -0.05) is 11.6 Å². The van der Waals surface area contributed by atoms with Crippen molar-refractivity contribution in [2.45, 2.75) is 13.0 Å².